The molecule has 3 aromatic carbocycles. The fourth-order valence-electron chi connectivity index (χ4n) is 6.22. The van der Waals surface area contributed by atoms with Crippen molar-refractivity contribution in [2.24, 2.45) is 5.92 Å². The Morgan fingerprint density at radius 1 is 1.04 bits per heavy atom. The van der Waals surface area contributed by atoms with Crippen molar-refractivity contribution in [1.82, 2.24) is 15.1 Å². The second-order valence-corrected chi connectivity index (χ2v) is 12.5. The summed E-state index contributed by atoms with van der Waals surface area (Å²) in [4.78, 5) is 43.0. The Morgan fingerprint density at radius 3 is 2.58 bits per heavy atom. The van der Waals surface area contributed by atoms with Crippen LogP contribution in [0.15, 0.2) is 60.7 Å². The first-order chi connectivity index (χ1) is 21.7. The van der Waals surface area contributed by atoms with Crippen LogP contribution in [0.5, 0.6) is 5.75 Å². The number of ether oxygens (including phenoxy) is 1. The van der Waals surface area contributed by atoms with Crippen molar-refractivity contribution in [2.45, 2.75) is 70.6 Å². The number of hydrogen-bond acceptors (Lipinski definition) is 5. The molecular formula is C35H45N5O5. The molecule has 5 amide bonds. The first kappa shape index (κ1) is 32.1. The molecule has 10 heteroatoms. The fraction of sp³-hybridized carbons (Fsp3) is 0.457. The number of hydrogen-bond donors (Lipinski definition) is 4. The van der Waals surface area contributed by atoms with Crippen LogP contribution in [0.3, 0.4) is 0 Å². The number of aliphatic hydroxyl groups is 1. The minimum absolute atomic E-state index is 0.0519. The molecule has 10 nitrogen and oxygen atoms in total. The molecule has 0 aromatic heterocycles. The van der Waals surface area contributed by atoms with Gasteiger partial charge in [0.05, 0.1) is 31.3 Å². The number of fused-ring (bicyclic) bond motifs is 2. The number of amides is 5. The van der Waals surface area contributed by atoms with Gasteiger partial charge in [0.1, 0.15) is 11.9 Å². The molecule has 0 bridgehead atoms. The fourth-order valence-corrected chi connectivity index (χ4v) is 6.22. The van der Waals surface area contributed by atoms with Gasteiger partial charge in [0, 0.05) is 42.2 Å². The van der Waals surface area contributed by atoms with Gasteiger partial charge in [0.2, 0.25) is 5.91 Å². The van der Waals surface area contributed by atoms with Crippen LogP contribution in [0.25, 0.3) is 10.8 Å². The molecular weight excluding hydrogens is 570 g/mol. The summed E-state index contributed by atoms with van der Waals surface area (Å²) in [6, 6.07) is 18.2. The summed E-state index contributed by atoms with van der Waals surface area (Å²) in [6.45, 7) is 4.25. The molecule has 1 fully saturated rings. The first-order valence-corrected chi connectivity index (χ1v) is 16.0. The zero-order chi connectivity index (χ0) is 31.9. The Bertz CT molecular complexity index is 1500. The number of aliphatic hydroxyl groups excluding tert-OH is 1. The van der Waals surface area contributed by atoms with Crippen molar-refractivity contribution < 1.29 is 24.2 Å². The summed E-state index contributed by atoms with van der Waals surface area (Å²) in [5.74, 6) is 0.223. The molecule has 0 unspecified atom stereocenters. The molecule has 1 aliphatic carbocycles. The van der Waals surface area contributed by atoms with E-state index in [1.165, 1.54) is 6.42 Å². The number of anilines is 2. The zero-order valence-electron chi connectivity index (χ0n) is 26.4. The highest BCUT2D eigenvalue weighted by Crippen LogP contribution is 2.30. The van der Waals surface area contributed by atoms with Crippen molar-refractivity contribution in [3.05, 3.63) is 66.2 Å². The molecule has 1 saturated carbocycles. The van der Waals surface area contributed by atoms with Crippen molar-refractivity contribution in [3.8, 4) is 5.75 Å². The highest BCUT2D eigenvalue weighted by atomic mass is 16.5. The Balaban J connectivity index is 1.34. The largest absolute Gasteiger partial charge is 0.488 e. The van der Waals surface area contributed by atoms with Gasteiger partial charge in [0.15, 0.2) is 0 Å². The molecule has 3 aromatic rings. The predicted molar refractivity (Wildman–Crippen MR) is 177 cm³/mol. The number of carbonyl (C=O) groups is 3. The van der Waals surface area contributed by atoms with Gasteiger partial charge in [-0.3, -0.25) is 4.79 Å². The Hall–Kier alpha value is -4.31. The lowest BCUT2D eigenvalue weighted by molar-refractivity contribution is -0.134. The molecule has 2 aliphatic rings. The quantitative estimate of drug-likeness (QED) is 0.275. The van der Waals surface area contributed by atoms with E-state index in [-0.39, 0.29) is 49.5 Å². The van der Waals surface area contributed by atoms with Crippen LogP contribution in [0.1, 0.15) is 51.5 Å². The van der Waals surface area contributed by atoms with E-state index in [2.05, 4.69) is 16.0 Å². The predicted octanol–water partition coefficient (Wildman–Crippen LogP) is 5.61. The Morgan fingerprint density at radius 2 is 1.80 bits per heavy atom. The minimum atomic E-state index is -0.459. The third-order valence-corrected chi connectivity index (χ3v) is 8.95. The normalized spacial score (nSPS) is 19.7. The smallest absolute Gasteiger partial charge is 0.321 e. The second kappa shape index (κ2) is 14.6. The summed E-state index contributed by atoms with van der Waals surface area (Å²) >= 11 is 0. The lowest BCUT2D eigenvalue weighted by atomic mass is 9.96. The van der Waals surface area contributed by atoms with Crippen LogP contribution < -0.4 is 20.7 Å². The Kier molecular flexibility index (Phi) is 10.4. The maximum atomic E-state index is 13.6. The van der Waals surface area contributed by atoms with Crippen molar-refractivity contribution >= 4 is 40.1 Å². The minimum Gasteiger partial charge on any atom is -0.488 e. The van der Waals surface area contributed by atoms with Crippen molar-refractivity contribution in [3.63, 3.8) is 0 Å². The number of urea groups is 2. The van der Waals surface area contributed by atoms with E-state index in [4.69, 9.17) is 4.74 Å². The molecule has 5 rings (SSSR count). The summed E-state index contributed by atoms with van der Waals surface area (Å²) in [5, 5.41) is 21.0. The van der Waals surface area contributed by atoms with Crippen molar-refractivity contribution in [1.29, 1.82) is 0 Å². The van der Waals surface area contributed by atoms with Crippen molar-refractivity contribution in [2.75, 3.05) is 37.4 Å². The highest BCUT2D eigenvalue weighted by Gasteiger charge is 2.32. The van der Waals surface area contributed by atoms with Crippen LogP contribution in [0, 0.1) is 5.92 Å². The number of nitrogens with one attached hydrogen (secondary N) is 3. The van der Waals surface area contributed by atoms with E-state index in [9.17, 15) is 19.5 Å². The van der Waals surface area contributed by atoms with Crippen LogP contribution in [0.4, 0.5) is 21.0 Å². The van der Waals surface area contributed by atoms with E-state index >= 15 is 0 Å². The van der Waals surface area contributed by atoms with Gasteiger partial charge in [0.25, 0.3) is 0 Å². The maximum Gasteiger partial charge on any atom is 0.321 e. The van der Waals surface area contributed by atoms with Gasteiger partial charge >= 0.3 is 12.1 Å². The average Bonchev–Trinajstić information content (AvgIpc) is 3.08. The zero-order valence-corrected chi connectivity index (χ0v) is 26.4. The van der Waals surface area contributed by atoms with Crippen LogP contribution >= 0.6 is 0 Å². The summed E-state index contributed by atoms with van der Waals surface area (Å²) in [5.41, 5.74) is 1.92. The number of benzene rings is 3. The molecule has 240 valence electrons. The number of carbonyl (C=O) groups excluding carboxylic acids is 3. The topological polar surface area (TPSA) is 123 Å². The number of rotatable bonds is 7. The molecule has 3 atom stereocenters. The number of nitrogens with zero attached hydrogens (tertiary/aromatic N) is 2. The van der Waals surface area contributed by atoms with Crippen LogP contribution in [0.2, 0.25) is 0 Å². The molecule has 1 aliphatic heterocycles. The Labute approximate surface area is 265 Å². The third kappa shape index (κ3) is 8.05. The lowest BCUT2D eigenvalue weighted by Gasteiger charge is -2.34. The first-order valence-electron chi connectivity index (χ1n) is 16.0. The summed E-state index contributed by atoms with van der Waals surface area (Å²) in [6.07, 6.45) is 4.99. The van der Waals surface area contributed by atoms with E-state index in [0.29, 0.717) is 23.5 Å². The molecule has 0 spiro atoms. The molecule has 45 heavy (non-hydrogen) atoms. The average molecular weight is 616 g/mol. The SMILES string of the molecule is C[C@H](CO)N1C[C@H](C)[C@H](CN(C)C(=O)Nc2cccc3ccccc23)Oc2ccc(NC(=O)NC3CCCCC3)cc2CC1=O. The monoisotopic (exact) mass is 615 g/mol. The number of likely N-dealkylation sites (N-methyl/N-ethyl adjacent to an activating group) is 1. The molecule has 4 N–H and O–H groups in total. The maximum absolute atomic E-state index is 13.6. The molecule has 1 heterocycles. The van der Waals surface area contributed by atoms with E-state index < -0.39 is 12.1 Å². The molecule has 0 saturated heterocycles. The molecule has 0 radical (unpaired) electrons. The van der Waals surface area contributed by atoms with E-state index in [0.717, 1.165) is 42.1 Å². The summed E-state index contributed by atoms with van der Waals surface area (Å²) in [7, 11) is 1.72. The summed E-state index contributed by atoms with van der Waals surface area (Å²) < 4.78 is 6.57. The lowest BCUT2D eigenvalue weighted by Crippen LogP contribution is -2.48. The van der Waals surface area contributed by atoms with Gasteiger partial charge in [-0.15, -0.1) is 0 Å². The highest BCUT2D eigenvalue weighted by molar-refractivity contribution is 6.01. The third-order valence-electron chi connectivity index (χ3n) is 8.95. The standard InChI is InChI=1S/C35H45N5O5/c1-23-20-40(24(2)22-41)33(42)19-26-18-28(37-34(43)36-27-12-5-4-6-13-27)16-17-31(26)45-32(23)21-39(3)35(44)38-30-15-9-11-25-10-7-8-14-29(25)30/h7-11,14-18,23-24,27,32,41H,4-6,12-13,19-22H2,1-3H3,(H,38,44)(H2,36,37,43)/t23-,24+,32-/m0/s1. The van der Waals surface area contributed by atoms with E-state index in [1.807, 2.05) is 56.3 Å². The van der Waals surface area contributed by atoms with E-state index in [1.54, 1.807) is 35.0 Å². The van der Waals surface area contributed by atoms with Gasteiger partial charge in [-0.2, -0.15) is 0 Å². The van der Waals surface area contributed by atoms with Gasteiger partial charge < -0.3 is 35.6 Å². The van der Waals surface area contributed by atoms with Gasteiger partial charge in [-0.25, -0.2) is 9.59 Å². The van der Waals surface area contributed by atoms with Crippen LogP contribution in [-0.4, -0.2) is 77.8 Å². The second-order valence-electron chi connectivity index (χ2n) is 12.5. The van der Waals surface area contributed by atoms with Crippen LogP contribution in [-0.2, 0) is 11.2 Å². The van der Waals surface area contributed by atoms with Gasteiger partial charge in [-0.05, 0) is 49.4 Å². The van der Waals surface area contributed by atoms with Gasteiger partial charge in [-0.1, -0.05) is 62.6 Å².